The summed E-state index contributed by atoms with van der Waals surface area (Å²) in [6, 6.07) is 7.15. The molecule has 6 nitrogen and oxygen atoms in total. The van der Waals surface area contributed by atoms with E-state index >= 15 is 0 Å². The fourth-order valence-electron chi connectivity index (χ4n) is 2.39. The van der Waals surface area contributed by atoms with E-state index in [1.165, 1.54) is 0 Å². The van der Waals surface area contributed by atoms with Crippen molar-refractivity contribution < 1.29 is 9.59 Å². The molecule has 0 atom stereocenters. The zero-order valence-electron chi connectivity index (χ0n) is 12.3. The van der Waals surface area contributed by atoms with Crippen molar-refractivity contribution in [1.82, 2.24) is 9.80 Å². The number of nitrogen functional groups attached to an aromatic ring is 1. The van der Waals surface area contributed by atoms with E-state index in [1.807, 2.05) is 17.0 Å². The maximum atomic E-state index is 11.9. The van der Waals surface area contributed by atoms with E-state index in [9.17, 15) is 9.59 Å². The normalized spacial score (nSPS) is 15.8. The van der Waals surface area contributed by atoms with Gasteiger partial charge in [0.25, 0.3) is 0 Å². The van der Waals surface area contributed by atoms with Gasteiger partial charge in [0.2, 0.25) is 11.8 Å². The van der Waals surface area contributed by atoms with Gasteiger partial charge < -0.3 is 16.0 Å². The van der Waals surface area contributed by atoms with E-state index in [-0.39, 0.29) is 11.8 Å². The lowest BCUT2D eigenvalue weighted by molar-refractivity contribution is -0.130. The Bertz CT molecular complexity index is 510. The zero-order valence-corrected chi connectivity index (χ0v) is 12.3. The molecule has 6 heteroatoms. The maximum Gasteiger partial charge on any atom is 0.225 e. The van der Waals surface area contributed by atoms with Crippen molar-refractivity contribution in [2.75, 3.05) is 43.8 Å². The molecule has 1 aromatic carbocycles. The number of hydrogen-bond acceptors (Lipinski definition) is 4. The number of benzene rings is 1. The molecular formula is C15H22N4O2. The fraction of sp³-hybridized carbons (Fsp3) is 0.467. The Balaban J connectivity index is 1.71. The third-order valence-electron chi connectivity index (χ3n) is 3.64. The highest BCUT2D eigenvalue weighted by Crippen LogP contribution is 2.12. The Morgan fingerprint density at radius 1 is 1.24 bits per heavy atom. The molecule has 3 N–H and O–H groups in total. The van der Waals surface area contributed by atoms with Gasteiger partial charge in [-0.2, -0.15) is 0 Å². The van der Waals surface area contributed by atoms with Crippen molar-refractivity contribution in [3.8, 4) is 0 Å². The molecular weight excluding hydrogens is 268 g/mol. The molecule has 1 saturated heterocycles. The number of anilines is 2. The highest BCUT2D eigenvalue weighted by Gasteiger charge is 2.18. The van der Waals surface area contributed by atoms with Gasteiger partial charge in [-0.1, -0.05) is 6.07 Å². The van der Waals surface area contributed by atoms with Crippen molar-refractivity contribution in [2.24, 2.45) is 0 Å². The summed E-state index contributed by atoms with van der Waals surface area (Å²) in [6.07, 6.45) is 0.439. The molecule has 0 radical (unpaired) electrons. The van der Waals surface area contributed by atoms with Crippen LogP contribution in [0.25, 0.3) is 0 Å². The summed E-state index contributed by atoms with van der Waals surface area (Å²) in [5.74, 6) is 0.101. The van der Waals surface area contributed by atoms with Crippen molar-refractivity contribution in [3.63, 3.8) is 0 Å². The molecule has 0 aliphatic carbocycles. The van der Waals surface area contributed by atoms with E-state index < -0.39 is 0 Å². The van der Waals surface area contributed by atoms with Gasteiger partial charge in [-0.25, -0.2) is 0 Å². The van der Waals surface area contributed by atoms with Crippen LogP contribution >= 0.6 is 0 Å². The van der Waals surface area contributed by atoms with E-state index in [0.717, 1.165) is 31.9 Å². The van der Waals surface area contributed by atoms with E-state index in [2.05, 4.69) is 10.2 Å². The van der Waals surface area contributed by atoms with Crippen LogP contribution in [-0.2, 0) is 9.59 Å². The molecule has 0 saturated carbocycles. The molecule has 1 fully saturated rings. The molecule has 2 amide bonds. The molecule has 114 valence electrons. The zero-order chi connectivity index (χ0) is 15.2. The average Bonchev–Trinajstić information content (AvgIpc) is 2.45. The number of rotatable bonds is 4. The number of amides is 2. The first-order chi connectivity index (χ1) is 10.0. The van der Waals surface area contributed by atoms with Crippen LogP contribution in [0.15, 0.2) is 24.3 Å². The third-order valence-corrected chi connectivity index (χ3v) is 3.64. The van der Waals surface area contributed by atoms with Crippen LogP contribution in [0.1, 0.15) is 13.3 Å². The van der Waals surface area contributed by atoms with Crippen molar-refractivity contribution in [2.45, 2.75) is 13.3 Å². The highest BCUT2D eigenvalue weighted by atomic mass is 16.2. The van der Waals surface area contributed by atoms with Gasteiger partial charge in [0.15, 0.2) is 0 Å². The van der Waals surface area contributed by atoms with Crippen LogP contribution < -0.4 is 11.1 Å². The Morgan fingerprint density at radius 2 is 1.95 bits per heavy atom. The number of piperazine rings is 1. The Kier molecular flexibility index (Phi) is 5.16. The minimum atomic E-state index is -0.0189. The SMILES string of the molecule is CC(=O)N1CCN(CCC(=O)Nc2cccc(N)c2)CC1. The summed E-state index contributed by atoms with van der Waals surface area (Å²) >= 11 is 0. The highest BCUT2D eigenvalue weighted by molar-refractivity contribution is 5.91. The van der Waals surface area contributed by atoms with Gasteiger partial charge >= 0.3 is 0 Å². The summed E-state index contributed by atoms with van der Waals surface area (Å²) in [4.78, 5) is 27.2. The number of carbonyl (C=O) groups excluding carboxylic acids is 2. The van der Waals surface area contributed by atoms with Gasteiger partial charge in [0.1, 0.15) is 0 Å². The monoisotopic (exact) mass is 290 g/mol. The van der Waals surface area contributed by atoms with E-state index in [4.69, 9.17) is 5.73 Å². The van der Waals surface area contributed by atoms with Gasteiger partial charge in [-0.15, -0.1) is 0 Å². The van der Waals surface area contributed by atoms with Gasteiger partial charge in [0.05, 0.1) is 0 Å². The van der Waals surface area contributed by atoms with E-state index in [0.29, 0.717) is 18.7 Å². The Hall–Kier alpha value is -2.08. The Labute approximate surface area is 124 Å². The van der Waals surface area contributed by atoms with Gasteiger partial charge in [0, 0.05) is 57.4 Å². The maximum absolute atomic E-state index is 11.9. The summed E-state index contributed by atoms with van der Waals surface area (Å²) in [5.41, 5.74) is 7.03. The molecule has 1 aromatic rings. The molecule has 0 aromatic heterocycles. The molecule has 1 aliphatic rings. The standard InChI is InChI=1S/C15H22N4O2/c1-12(20)19-9-7-18(8-10-19)6-5-15(21)17-14-4-2-3-13(16)11-14/h2-4,11H,5-10,16H2,1H3,(H,17,21). The fourth-order valence-corrected chi connectivity index (χ4v) is 2.39. The van der Waals surface area contributed by atoms with Crippen LogP contribution in [0, 0.1) is 0 Å². The summed E-state index contributed by atoms with van der Waals surface area (Å²) < 4.78 is 0. The van der Waals surface area contributed by atoms with Gasteiger partial charge in [-0.05, 0) is 18.2 Å². The van der Waals surface area contributed by atoms with Crippen LogP contribution in [0.5, 0.6) is 0 Å². The second-order valence-corrected chi connectivity index (χ2v) is 5.27. The lowest BCUT2D eigenvalue weighted by atomic mass is 10.2. The average molecular weight is 290 g/mol. The number of hydrogen-bond donors (Lipinski definition) is 2. The Morgan fingerprint density at radius 3 is 2.57 bits per heavy atom. The lowest BCUT2D eigenvalue weighted by Gasteiger charge is -2.34. The number of carbonyl (C=O) groups is 2. The summed E-state index contributed by atoms with van der Waals surface area (Å²) in [5, 5.41) is 2.84. The number of nitrogens with two attached hydrogens (primary N) is 1. The molecule has 21 heavy (non-hydrogen) atoms. The summed E-state index contributed by atoms with van der Waals surface area (Å²) in [7, 11) is 0. The summed E-state index contributed by atoms with van der Waals surface area (Å²) in [6.45, 7) is 5.43. The largest absolute Gasteiger partial charge is 0.399 e. The second kappa shape index (κ2) is 7.08. The molecule has 1 aliphatic heterocycles. The van der Waals surface area contributed by atoms with Crippen molar-refractivity contribution in [3.05, 3.63) is 24.3 Å². The quantitative estimate of drug-likeness (QED) is 0.803. The second-order valence-electron chi connectivity index (χ2n) is 5.27. The first-order valence-corrected chi connectivity index (χ1v) is 7.18. The predicted molar refractivity (Wildman–Crippen MR) is 82.8 cm³/mol. The van der Waals surface area contributed by atoms with Crippen LogP contribution in [0.2, 0.25) is 0 Å². The number of nitrogens with one attached hydrogen (secondary N) is 1. The minimum Gasteiger partial charge on any atom is -0.399 e. The van der Waals surface area contributed by atoms with Crippen molar-refractivity contribution >= 4 is 23.2 Å². The predicted octanol–water partition coefficient (Wildman–Crippen LogP) is 0.761. The minimum absolute atomic E-state index is 0.0189. The van der Waals surface area contributed by atoms with E-state index in [1.54, 1.807) is 19.1 Å². The first-order valence-electron chi connectivity index (χ1n) is 7.18. The van der Waals surface area contributed by atoms with Crippen LogP contribution in [-0.4, -0.2) is 54.3 Å². The molecule has 1 heterocycles. The third kappa shape index (κ3) is 4.75. The molecule has 0 unspecified atom stereocenters. The lowest BCUT2D eigenvalue weighted by Crippen LogP contribution is -2.48. The first kappa shape index (κ1) is 15.3. The van der Waals surface area contributed by atoms with Crippen LogP contribution in [0.3, 0.4) is 0 Å². The number of nitrogens with zero attached hydrogens (tertiary/aromatic N) is 2. The molecule has 0 spiro atoms. The molecule has 0 bridgehead atoms. The van der Waals surface area contributed by atoms with Crippen molar-refractivity contribution in [1.29, 1.82) is 0 Å². The van der Waals surface area contributed by atoms with Crippen LogP contribution in [0.4, 0.5) is 11.4 Å². The van der Waals surface area contributed by atoms with Gasteiger partial charge in [-0.3, -0.25) is 14.5 Å². The topological polar surface area (TPSA) is 78.7 Å². The smallest absolute Gasteiger partial charge is 0.225 e. The molecule has 2 rings (SSSR count).